The van der Waals surface area contributed by atoms with Crippen molar-refractivity contribution in [2.24, 2.45) is 0 Å². The fraction of sp³-hybridized carbons (Fsp3) is 0.667. The van der Waals surface area contributed by atoms with E-state index < -0.39 is 0 Å². The molecule has 5 nitrogen and oxygen atoms in total. The molecule has 2 rings (SSSR count). The summed E-state index contributed by atoms with van der Waals surface area (Å²) >= 11 is 0. The van der Waals surface area contributed by atoms with Gasteiger partial charge in [0.2, 0.25) is 0 Å². The summed E-state index contributed by atoms with van der Waals surface area (Å²) in [6, 6.07) is 2.35. The molecule has 5 heteroatoms. The van der Waals surface area contributed by atoms with Gasteiger partial charge in [-0.1, -0.05) is 0 Å². The maximum absolute atomic E-state index is 5.33. The van der Waals surface area contributed by atoms with Crippen LogP contribution >= 0.6 is 0 Å². The first-order valence-electron chi connectivity index (χ1n) is 6.09. The topological polar surface area (TPSA) is 50.3 Å². The highest BCUT2D eigenvalue weighted by molar-refractivity contribution is 5.35. The molecule has 0 spiro atoms. The van der Waals surface area contributed by atoms with Crippen LogP contribution in [0.3, 0.4) is 0 Å². The van der Waals surface area contributed by atoms with E-state index in [1.807, 2.05) is 13.0 Å². The van der Waals surface area contributed by atoms with Gasteiger partial charge < -0.3 is 10.1 Å². The van der Waals surface area contributed by atoms with Gasteiger partial charge in [0.1, 0.15) is 12.1 Å². The van der Waals surface area contributed by atoms with Crippen LogP contribution in [0.5, 0.6) is 0 Å². The monoisotopic (exact) mass is 236 g/mol. The molecule has 0 amide bonds. The zero-order valence-electron chi connectivity index (χ0n) is 10.5. The third-order valence-electron chi connectivity index (χ3n) is 2.83. The van der Waals surface area contributed by atoms with Crippen molar-refractivity contribution in [3.05, 3.63) is 18.1 Å². The van der Waals surface area contributed by atoms with Gasteiger partial charge in [0.15, 0.2) is 0 Å². The fourth-order valence-electron chi connectivity index (χ4n) is 2.00. The van der Waals surface area contributed by atoms with Crippen LogP contribution in [0.4, 0.5) is 5.82 Å². The molecule has 1 aliphatic heterocycles. The summed E-state index contributed by atoms with van der Waals surface area (Å²) in [5.74, 6) is 0.901. The molecule has 1 saturated heterocycles. The van der Waals surface area contributed by atoms with Crippen LogP contribution in [0.25, 0.3) is 0 Å². The average molecular weight is 236 g/mol. The number of nitrogens with one attached hydrogen (secondary N) is 1. The largest absolute Gasteiger partial charge is 0.379 e. The number of rotatable bonds is 4. The molecule has 1 unspecified atom stereocenters. The fourth-order valence-corrected chi connectivity index (χ4v) is 2.00. The molecule has 0 aliphatic carbocycles. The quantitative estimate of drug-likeness (QED) is 0.842. The van der Waals surface area contributed by atoms with E-state index in [1.165, 1.54) is 0 Å². The van der Waals surface area contributed by atoms with E-state index in [9.17, 15) is 0 Å². The lowest BCUT2D eigenvalue weighted by Crippen LogP contribution is -2.42. The first kappa shape index (κ1) is 12.3. The molecule has 1 atom stereocenters. The second-order valence-corrected chi connectivity index (χ2v) is 4.50. The molecular formula is C12H20N4O. The van der Waals surface area contributed by atoms with Gasteiger partial charge in [-0.15, -0.1) is 0 Å². The second kappa shape index (κ2) is 5.93. The number of aryl methyl sites for hydroxylation is 1. The van der Waals surface area contributed by atoms with E-state index in [-0.39, 0.29) is 0 Å². The Morgan fingerprint density at radius 3 is 2.88 bits per heavy atom. The highest BCUT2D eigenvalue weighted by Crippen LogP contribution is 2.06. The molecule has 94 valence electrons. The van der Waals surface area contributed by atoms with Gasteiger partial charge in [-0.2, -0.15) is 0 Å². The Bertz CT molecular complexity index is 352. The lowest BCUT2D eigenvalue weighted by molar-refractivity contribution is 0.0368. The van der Waals surface area contributed by atoms with Crippen LogP contribution in [0.2, 0.25) is 0 Å². The second-order valence-electron chi connectivity index (χ2n) is 4.50. The van der Waals surface area contributed by atoms with Gasteiger partial charge >= 0.3 is 0 Å². The van der Waals surface area contributed by atoms with Crippen molar-refractivity contribution >= 4 is 5.82 Å². The number of morpholine rings is 1. The molecule has 0 radical (unpaired) electrons. The summed E-state index contributed by atoms with van der Waals surface area (Å²) in [6.07, 6.45) is 1.60. The summed E-state index contributed by atoms with van der Waals surface area (Å²) in [4.78, 5) is 10.7. The summed E-state index contributed by atoms with van der Waals surface area (Å²) < 4.78 is 5.33. The Morgan fingerprint density at radius 1 is 1.41 bits per heavy atom. The van der Waals surface area contributed by atoms with Gasteiger partial charge in [0.05, 0.1) is 13.2 Å². The Kier molecular flexibility index (Phi) is 4.28. The van der Waals surface area contributed by atoms with E-state index in [1.54, 1.807) is 6.33 Å². The molecule has 2 heterocycles. The van der Waals surface area contributed by atoms with Gasteiger partial charge in [-0.05, 0) is 13.8 Å². The summed E-state index contributed by atoms with van der Waals surface area (Å²) in [7, 11) is 0. The van der Waals surface area contributed by atoms with Gasteiger partial charge in [0.25, 0.3) is 0 Å². The Labute approximate surface area is 102 Å². The van der Waals surface area contributed by atoms with Crippen molar-refractivity contribution in [2.45, 2.75) is 19.9 Å². The molecule has 1 fully saturated rings. The predicted molar refractivity (Wildman–Crippen MR) is 67.1 cm³/mol. The third kappa shape index (κ3) is 3.94. The van der Waals surface area contributed by atoms with Gasteiger partial charge in [-0.3, -0.25) is 4.90 Å². The van der Waals surface area contributed by atoms with Crippen molar-refractivity contribution in [1.29, 1.82) is 0 Å². The zero-order chi connectivity index (χ0) is 12.1. The highest BCUT2D eigenvalue weighted by atomic mass is 16.5. The third-order valence-corrected chi connectivity index (χ3v) is 2.83. The van der Waals surface area contributed by atoms with Crippen LogP contribution in [0.1, 0.15) is 12.6 Å². The van der Waals surface area contributed by atoms with Crippen molar-refractivity contribution in [2.75, 3.05) is 38.2 Å². The van der Waals surface area contributed by atoms with Crippen LogP contribution < -0.4 is 5.32 Å². The molecule has 0 saturated carbocycles. The minimum atomic E-state index is 0.377. The Balaban J connectivity index is 1.82. The first-order chi connectivity index (χ1) is 8.24. The lowest BCUT2D eigenvalue weighted by atomic mass is 10.3. The number of anilines is 1. The lowest BCUT2D eigenvalue weighted by Gasteiger charge is -2.29. The van der Waals surface area contributed by atoms with Crippen LogP contribution in [0.15, 0.2) is 12.4 Å². The van der Waals surface area contributed by atoms with Crippen LogP contribution in [0, 0.1) is 6.92 Å². The van der Waals surface area contributed by atoms with E-state index >= 15 is 0 Å². The standard InChI is InChI=1S/C12H20N4O/c1-10-7-12(14-9-13-10)15-11(2)8-16-3-5-17-6-4-16/h7,9,11H,3-6,8H2,1-2H3,(H,13,14,15). The highest BCUT2D eigenvalue weighted by Gasteiger charge is 2.13. The van der Waals surface area contributed by atoms with Crippen molar-refractivity contribution < 1.29 is 4.74 Å². The molecule has 1 aromatic heterocycles. The molecule has 0 aromatic carbocycles. The number of hydrogen-bond donors (Lipinski definition) is 1. The average Bonchev–Trinajstić information content (AvgIpc) is 2.30. The molecule has 1 N–H and O–H groups in total. The number of hydrogen-bond acceptors (Lipinski definition) is 5. The summed E-state index contributed by atoms with van der Waals surface area (Å²) in [5, 5.41) is 3.40. The normalized spacial score (nSPS) is 18.9. The predicted octanol–water partition coefficient (Wildman–Crippen LogP) is 0.918. The molecule has 0 bridgehead atoms. The maximum Gasteiger partial charge on any atom is 0.129 e. The van der Waals surface area contributed by atoms with Crippen molar-refractivity contribution in [1.82, 2.24) is 14.9 Å². The van der Waals surface area contributed by atoms with E-state index in [2.05, 4.69) is 27.1 Å². The first-order valence-corrected chi connectivity index (χ1v) is 6.09. The molecule has 17 heavy (non-hydrogen) atoms. The number of aromatic nitrogens is 2. The van der Waals surface area contributed by atoms with Gasteiger partial charge in [-0.25, -0.2) is 9.97 Å². The molecule has 1 aliphatic rings. The number of nitrogens with zero attached hydrogens (tertiary/aromatic N) is 3. The SMILES string of the molecule is Cc1cc(NC(C)CN2CCOCC2)ncn1. The maximum atomic E-state index is 5.33. The van der Waals surface area contributed by atoms with Gasteiger partial charge in [0, 0.05) is 37.4 Å². The van der Waals surface area contributed by atoms with E-state index in [0.717, 1.165) is 44.4 Å². The Hall–Kier alpha value is -1.20. The number of ether oxygens (including phenoxy) is 1. The minimum absolute atomic E-state index is 0.377. The van der Waals surface area contributed by atoms with Crippen molar-refractivity contribution in [3.63, 3.8) is 0 Å². The zero-order valence-corrected chi connectivity index (χ0v) is 10.5. The Morgan fingerprint density at radius 2 is 2.18 bits per heavy atom. The summed E-state index contributed by atoms with van der Waals surface area (Å²) in [5.41, 5.74) is 0.987. The smallest absolute Gasteiger partial charge is 0.129 e. The molecule has 1 aromatic rings. The minimum Gasteiger partial charge on any atom is -0.379 e. The van der Waals surface area contributed by atoms with Crippen molar-refractivity contribution in [3.8, 4) is 0 Å². The van der Waals surface area contributed by atoms with E-state index in [4.69, 9.17) is 4.74 Å². The summed E-state index contributed by atoms with van der Waals surface area (Å²) in [6.45, 7) is 8.90. The van der Waals surface area contributed by atoms with E-state index in [0.29, 0.717) is 6.04 Å². The molecular weight excluding hydrogens is 216 g/mol. The van der Waals surface area contributed by atoms with Crippen LogP contribution in [-0.4, -0.2) is 53.8 Å². The van der Waals surface area contributed by atoms with Crippen LogP contribution in [-0.2, 0) is 4.74 Å².